The number of halogens is 1. The molecule has 2 heterocycles. The van der Waals surface area contributed by atoms with Crippen molar-refractivity contribution in [1.82, 2.24) is 9.78 Å². The van der Waals surface area contributed by atoms with E-state index >= 15 is 0 Å². The van der Waals surface area contributed by atoms with Gasteiger partial charge in [0, 0.05) is 5.02 Å². The smallest absolute Gasteiger partial charge is 0.229 e. The predicted octanol–water partition coefficient (Wildman–Crippen LogP) is 4.36. The fourth-order valence-electron chi connectivity index (χ4n) is 3.39. The summed E-state index contributed by atoms with van der Waals surface area (Å²) in [4.78, 5) is 0. The third kappa shape index (κ3) is 2.84. The molecule has 1 aliphatic rings. The number of nitrogens with zero attached hydrogens (tertiary/aromatic N) is 3. The fraction of sp³-hybridized carbons (Fsp3) is 0.143. The summed E-state index contributed by atoms with van der Waals surface area (Å²) < 4.78 is 7.58. The average Bonchev–Trinajstić information content (AvgIpc) is 2.97. The van der Waals surface area contributed by atoms with Gasteiger partial charge in [0.05, 0.1) is 22.9 Å². The van der Waals surface area contributed by atoms with Gasteiger partial charge in [-0.2, -0.15) is 10.4 Å². The molecular formula is C21H17ClN4O. The number of benzene rings is 2. The monoisotopic (exact) mass is 376 g/mol. The first kappa shape index (κ1) is 17.2. The first-order valence-corrected chi connectivity index (χ1v) is 8.87. The average molecular weight is 377 g/mol. The Balaban J connectivity index is 1.95. The van der Waals surface area contributed by atoms with E-state index in [1.807, 2.05) is 56.3 Å². The molecular weight excluding hydrogens is 360 g/mol. The van der Waals surface area contributed by atoms with Crippen LogP contribution in [0.5, 0.6) is 5.88 Å². The minimum absolute atomic E-state index is 0.0863. The van der Waals surface area contributed by atoms with Crippen LogP contribution in [0, 0.1) is 25.2 Å². The van der Waals surface area contributed by atoms with Crippen LogP contribution in [0.3, 0.4) is 0 Å². The molecule has 0 saturated carbocycles. The largest absolute Gasteiger partial charge is 0.422 e. The Hall–Kier alpha value is -3.23. The van der Waals surface area contributed by atoms with Crippen molar-refractivity contribution in [3.63, 3.8) is 0 Å². The molecule has 3 aromatic rings. The molecule has 0 fully saturated rings. The van der Waals surface area contributed by atoms with Gasteiger partial charge in [0.2, 0.25) is 11.8 Å². The summed E-state index contributed by atoms with van der Waals surface area (Å²) in [5.74, 6) is 0.234. The SMILES string of the molecule is Cc1ccc(-n2nc(C)c3c2OC(N)=C(C#N)C3c2cccc(Cl)c2)cc1. The van der Waals surface area contributed by atoms with Crippen molar-refractivity contribution >= 4 is 11.6 Å². The molecule has 0 bridgehead atoms. The van der Waals surface area contributed by atoms with E-state index < -0.39 is 0 Å². The van der Waals surface area contributed by atoms with Crippen LogP contribution in [0.2, 0.25) is 5.02 Å². The van der Waals surface area contributed by atoms with E-state index in [1.165, 1.54) is 0 Å². The maximum atomic E-state index is 9.71. The van der Waals surface area contributed by atoms with Crippen LogP contribution in [0.1, 0.15) is 28.3 Å². The molecule has 0 saturated heterocycles. The summed E-state index contributed by atoms with van der Waals surface area (Å²) in [6.07, 6.45) is 0. The maximum absolute atomic E-state index is 9.71. The molecule has 5 nitrogen and oxygen atoms in total. The van der Waals surface area contributed by atoms with Crippen LogP contribution >= 0.6 is 11.6 Å². The summed E-state index contributed by atoms with van der Waals surface area (Å²) in [6.45, 7) is 3.93. The van der Waals surface area contributed by atoms with Gasteiger partial charge in [0.1, 0.15) is 11.6 Å². The van der Waals surface area contributed by atoms with Gasteiger partial charge in [-0.05, 0) is 43.7 Å². The summed E-state index contributed by atoms with van der Waals surface area (Å²) in [5.41, 5.74) is 11.0. The molecule has 1 aliphatic heterocycles. The Labute approximate surface area is 162 Å². The Kier molecular flexibility index (Phi) is 4.14. The van der Waals surface area contributed by atoms with Gasteiger partial charge in [0.25, 0.3) is 0 Å². The van der Waals surface area contributed by atoms with Crippen LogP contribution in [-0.4, -0.2) is 9.78 Å². The lowest BCUT2D eigenvalue weighted by Crippen LogP contribution is -2.22. The molecule has 6 heteroatoms. The number of hydrogen-bond acceptors (Lipinski definition) is 4. The topological polar surface area (TPSA) is 76.9 Å². The minimum Gasteiger partial charge on any atom is -0.422 e. The van der Waals surface area contributed by atoms with E-state index in [1.54, 1.807) is 10.7 Å². The predicted molar refractivity (Wildman–Crippen MR) is 104 cm³/mol. The first-order chi connectivity index (χ1) is 13.0. The molecule has 1 aromatic heterocycles. The number of ether oxygens (including phenoxy) is 1. The Bertz CT molecular complexity index is 1110. The van der Waals surface area contributed by atoms with Crippen molar-refractivity contribution in [1.29, 1.82) is 5.26 Å². The zero-order chi connectivity index (χ0) is 19.1. The summed E-state index contributed by atoms with van der Waals surface area (Å²) in [6, 6.07) is 17.6. The molecule has 2 aromatic carbocycles. The molecule has 0 aliphatic carbocycles. The molecule has 0 spiro atoms. The molecule has 27 heavy (non-hydrogen) atoms. The van der Waals surface area contributed by atoms with E-state index in [4.69, 9.17) is 22.1 Å². The number of aromatic nitrogens is 2. The van der Waals surface area contributed by atoms with E-state index in [9.17, 15) is 5.26 Å². The molecule has 4 rings (SSSR count). The van der Waals surface area contributed by atoms with E-state index in [0.29, 0.717) is 16.5 Å². The number of allylic oxidation sites excluding steroid dienone is 1. The van der Waals surface area contributed by atoms with Crippen LogP contribution in [0.15, 0.2) is 60.0 Å². The molecule has 2 N–H and O–H groups in total. The van der Waals surface area contributed by atoms with Gasteiger partial charge in [0.15, 0.2) is 0 Å². The number of fused-ring (bicyclic) bond motifs is 1. The van der Waals surface area contributed by atoms with Gasteiger partial charge >= 0.3 is 0 Å². The second-order valence-electron chi connectivity index (χ2n) is 6.53. The second kappa shape index (κ2) is 6.49. The summed E-state index contributed by atoms with van der Waals surface area (Å²) in [7, 11) is 0. The van der Waals surface area contributed by atoms with Crippen molar-refractivity contribution in [3.8, 4) is 17.6 Å². The van der Waals surface area contributed by atoms with Gasteiger partial charge in [-0.1, -0.05) is 41.4 Å². The standard InChI is InChI=1S/C21H17ClN4O/c1-12-6-8-16(9-7-12)26-21-18(13(2)25-26)19(17(11-23)20(24)27-21)14-4-3-5-15(22)10-14/h3-10,19H,24H2,1-2H3. The summed E-state index contributed by atoms with van der Waals surface area (Å²) >= 11 is 6.19. The van der Waals surface area contributed by atoms with Crippen LogP contribution in [0.4, 0.5) is 0 Å². The van der Waals surface area contributed by atoms with Crippen LogP contribution in [0.25, 0.3) is 5.69 Å². The molecule has 0 radical (unpaired) electrons. The number of rotatable bonds is 2. The van der Waals surface area contributed by atoms with Gasteiger partial charge in [-0.15, -0.1) is 0 Å². The van der Waals surface area contributed by atoms with Crippen molar-refractivity contribution < 1.29 is 4.74 Å². The van der Waals surface area contributed by atoms with Crippen LogP contribution < -0.4 is 10.5 Å². The first-order valence-electron chi connectivity index (χ1n) is 8.49. The lowest BCUT2D eigenvalue weighted by molar-refractivity contribution is 0.367. The molecule has 0 amide bonds. The van der Waals surface area contributed by atoms with Gasteiger partial charge < -0.3 is 10.5 Å². The van der Waals surface area contributed by atoms with Crippen molar-refractivity contribution in [2.75, 3.05) is 0 Å². The molecule has 1 unspecified atom stereocenters. The highest BCUT2D eigenvalue weighted by atomic mass is 35.5. The van der Waals surface area contributed by atoms with Crippen LogP contribution in [-0.2, 0) is 0 Å². The maximum Gasteiger partial charge on any atom is 0.229 e. The minimum atomic E-state index is -0.378. The number of nitrogens with two attached hydrogens (primary N) is 1. The lowest BCUT2D eigenvalue weighted by atomic mass is 9.84. The number of nitriles is 1. The van der Waals surface area contributed by atoms with E-state index in [2.05, 4.69) is 11.2 Å². The van der Waals surface area contributed by atoms with Crippen molar-refractivity contribution in [2.45, 2.75) is 19.8 Å². The molecule has 134 valence electrons. The third-order valence-corrected chi connectivity index (χ3v) is 4.93. The van der Waals surface area contributed by atoms with Gasteiger partial charge in [-0.3, -0.25) is 0 Å². The van der Waals surface area contributed by atoms with Gasteiger partial charge in [-0.25, -0.2) is 4.68 Å². The lowest BCUT2D eigenvalue weighted by Gasteiger charge is -2.25. The normalized spacial score (nSPS) is 15.9. The highest BCUT2D eigenvalue weighted by molar-refractivity contribution is 6.30. The molecule has 1 atom stereocenters. The zero-order valence-electron chi connectivity index (χ0n) is 14.9. The zero-order valence-corrected chi connectivity index (χ0v) is 15.7. The Morgan fingerprint density at radius 2 is 1.93 bits per heavy atom. The third-order valence-electron chi connectivity index (χ3n) is 4.69. The second-order valence-corrected chi connectivity index (χ2v) is 6.97. The van der Waals surface area contributed by atoms with E-state index in [-0.39, 0.29) is 11.8 Å². The number of aryl methyl sites for hydroxylation is 2. The highest BCUT2D eigenvalue weighted by Crippen LogP contribution is 2.44. The summed E-state index contributed by atoms with van der Waals surface area (Å²) in [5, 5.41) is 15.0. The highest BCUT2D eigenvalue weighted by Gasteiger charge is 2.36. The Morgan fingerprint density at radius 1 is 1.19 bits per heavy atom. The Morgan fingerprint density at radius 3 is 2.59 bits per heavy atom. The fourth-order valence-corrected chi connectivity index (χ4v) is 3.59. The van der Waals surface area contributed by atoms with Crippen molar-refractivity contribution in [3.05, 3.63) is 87.4 Å². The number of hydrogen-bond donors (Lipinski definition) is 1. The van der Waals surface area contributed by atoms with Crippen molar-refractivity contribution in [2.24, 2.45) is 5.73 Å². The van der Waals surface area contributed by atoms with E-state index in [0.717, 1.165) is 28.1 Å². The quantitative estimate of drug-likeness (QED) is 0.720.